The summed E-state index contributed by atoms with van der Waals surface area (Å²) in [6.07, 6.45) is 89.2. The lowest BCUT2D eigenvalue weighted by molar-refractivity contribution is -0.167. The zero-order chi connectivity index (χ0) is 57.8. The normalized spacial score (nSPS) is 12.5. The summed E-state index contributed by atoms with van der Waals surface area (Å²) in [5.41, 5.74) is 0. The highest BCUT2D eigenvalue weighted by atomic mass is 16.6. The van der Waals surface area contributed by atoms with Crippen molar-refractivity contribution in [1.82, 2.24) is 0 Å². The molecule has 0 saturated carbocycles. The summed E-state index contributed by atoms with van der Waals surface area (Å²) >= 11 is 0. The minimum absolute atomic E-state index is 0.0796. The Bertz CT molecular complexity index is 1470. The van der Waals surface area contributed by atoms with Crippen LogP contribution >= 0.6 is 0 Å². The Labute approximate surface area is 497 Å². The Morgan fingerprint density at radius 1 is 0.250 bits per heavy atom. The fourth-order valence-corrected chi connectivity index (χ4v) is 10.1. The van der Waals surface area contributed by atoms with Gasteiger partial charge in [0.2, 0.25) is 0 Å². The van der Waals surface area contributed by atoms with Crippen molar-refractivity contribution in [2.75, 3.05) is 13.2 Å². The van der Waals surface area contributed by atoms with Crippen LogP contribution in [0.1, 0.15) is 361 Å². The average molecular weight is 1120 g/mol. The molecule has 0 bridgehead atoms. The van der Waals surface area contributed by atoms with Gasteiger partial charge < -0.3 is 14.2 Å². The second-order valence-electron chi connectivity index (χ2n) is 23.4. The number of unbranched alkanes of at least 4 members (excludes halogenated alkanes) is 41. The number of esters is 3. The van der Waals surface area contributed by atoms with E-state index in [0.717, 1.165) is 89.9 Å². The molecule has 0 aromatic heterocycles. The minimum Gasteiger partial charge on any atom is -0.462 e. The maximum Gasteiger partial charge on any atom is 0.306 e. The molecule has 0 aliphatic rings. The summed E-state index contributed by atoms with van der Waals surface area (Å²) in [6.45, 7) is 6.64. The predicted molar refractivity (Wildman–Crippen MR) is 348 cm³/mol. The van der Waals surface area contributed by atoms with E-state index in [2.05, 4.69) is 93.7 Å². The van der Waals surface area contributed by atoms with Crippen LogP contribution in [0.2, 0.25) is 0 Å². The van der Waals surface area contributed by atoms with Crippen molar-refractivity contribution >= 4 is 17.9 Å². The van der Waals surface area contributed by atoms with E-state index in [0.29, 0.717) is 19.3 Å². The molecule has 6 heteroatoms. The second-order valence-corrected chi connectivity index (χ2v) is 23.4. The van der Waals surface area contributed by atoms with E-state index >= 15 is 0 Å². The molecule has 0 fully saturated rings. The minimum atomic E-state index is -0.785. The molecule has 0 N–H and O–H groups in total. The molecule has 6 nitrogen and oxygen atoms in total. The number of hydrogen-bond donors (Lipinski definition) is 0. The summed E-state index contributed by atoms with van der Waals surface area (Å²) in [5.74, 6) is -0.880. The monoisotopic (exact) mass is 1120 g/mol. The summed E-state index contributed by atoms with van der Waals surface area (Å²) in [6, 6.07) is 0. The van der Waals surface area contributed by atoms with Gasteiger partial charge in [0.1, 0.15) is 13.2 Å². The number of carbonyl (C=O) groups excluding carboxylic acids is 3. The van der Waals surface area contributed by atoms with Gasteiger partial charge in [-0.3, -0.25) is 14.4 Å². The van der Waals surface area contributed by atoms with Crippen molar-refractivity contribution < 1.29 is 28.6 Å². The molecule has 0 radical (unpaired) electrons. The third-order valence-corrected chi connectivity index (χ3v) is 15.4. The van der Waals surface area contributed by atoms with Gasteiger partial charge in [-0.05, 0) is 116 Å². The molecule has 0 spiro atoms. The Morgan fingerprint density at radius 2 is 0.450 bits per heavy atom. The molecule has 0 aromatic rings. The van der Waals surface area contributed by atoms with E-state index in [1.165, 1.54) is 231 Å². The first-order valence-electron chi connectivity index (χ1n) is 34.9. The first kappa shape index (κ1) is 76.9. The van der Waals surface area contributed by atoms with E-state index in [4.69, 9.17) is 14.2 Å². The smallest absolute Gasteiger partial charge is 0.306 e. The second kappa shape index (κ2) is 68.3. The van der Waals surface area contributed by atoms with E-state index in [1.54, 1.807) is 0 Å². The predicted octanol–water partition coefficient (Wildman–Crippen LogP) is 24.1. The maximum absolute atomic E-state index is 12.9. The van der Waals surface area contributed by atoms with Crippen LogP contribution in [0.15, 0.2) is 72.9 Å². The standard InChI is InChI=1S/C74H132O6/c1-4-7-10-13-16-19-22-25-28-31-32-33-34-35-36-37-38-39-40-41-42-44-46-49-52-55-58-61-64-67-73(76)79-70-71(69-78-72(75)66-63-60-57-54-51-48-45-30-27-24-21-18-15-12-9-6-3)80-74(77)68-65-62-59-56-53-50-47-43-29-26-23-20-17-14-11-8-5-2/h21-22,24-26,29-32,34-35,45,71H,4-20,23,27-28,33,36-44,46-70H2,1-3H3/b24-21-,25-22-,29-26-,32-31-,35-34-,45-30-. The van der Waals surface area contributed by atoms with Gasteiger partial charge in [0.05, 0.1) is 0 Å². The first-order chi connectivity index (χ1) is 39.5. The number of allylic oxidation sites excluding steroid dienone is 12. The molecular formula is C74H132O6. The van der Waals surface area contributed by atoms with Crippen molar-refractivity contribution in [3.63, 3.8) is 0 Å². The highest BCUT2D eigenvalue weighted by Gasteiger charge is 2.19. The Morgan fingerprint density at radius 3 is 0.725 bits per heavy atom. The Kier molecular flexibility index (Phi) is 65.7. The van der Waals surface area contributed by atoms with Crippen LogP contribution in [-0.2, 0) is 28.6 Å². The molecule has 0 saturated heterocycles. The zero-order valence-corrected chi connectivity index (χ0v) is 53.3. The van der Waals surface area contributed by atoms with Gasteiger partial charge >= 0.3 is 17.9 Å². The van der Waals surface area contributed by atoms with Crippen LogP contribution in [0, 0.1) is 0 Å². The van der Waals surface area contributed by atoms with Crippen molar-refractivity contribution in [3.8, 4) is 0 Å². The van der Waals surface area contributed by atoms with Gasteiger partial charge in [0, 0.05) is 19.3 Å². The fourth-order valence-electron chi connectivity index (χ4n) is 10.1. The van der Waals surface area contributed by atoms with Crippen LogP contribution in [0.4, 0.5) is 0 Å². The summed E-state index contributed by atoms with van der Waals surface area (Å²) in [7, 11) is 0. The number of rotatable bonds is 64. The number of carbonyl (C=O) groups is 3. The lowest BCUT2D eigenvalue weighted by Gasteiger charge is -2.18. The SMILES string of the molecule is CCCCCC/C=C\C/C=C\CCCCCCCC(=O)OCC(COC(=O)CCCCCCCCCCCCCCCC/C=C\C/C=C\C/C=C\CCCCCCC)OC(=O)CCCCCCCCC/C=C\CCCCCCCC. The van der Waals surface area contributed by atoms with Crippen molar-refractivity contribution in [1.29, 1.82) is 0 Å². The summed E-state index contributed by atoms with van der Waals surface area (Å²) < 4.78 is 17.0. The molecule has 1 atom stereocenters. The molecule has 0 aliphatic carbocycles. The van der Waals surface area contributed by atoms with E-state index < -0.39 is 6.10 Å². The largest absolute Gasteiger partial charge is 0.462 e. The summed E-state index contributed by atoms with van der Waals surface area (Å²) in [5, 5.41) is 0. The van der Waals surface area contributed by atoms with Crippen molar-refractivity contribution in [2.45, 2.75) is 367 Å². The van der Waals surface area contributed by atoms with Crippen molar-refractivity contribution in [2.24, 2.45) is 0 Å². The van der Waals surface area contributed by atoms with E-state index in [9.17, 15) is 14.4 Å². The highest BCUT2D eigenvalue weighted by molar-refractivity contribution is 5.71. The van der Waals surface area contributed by atoms with E-state index in [1.807, 2.05) is 0 Å². The fraction of sp³-hybridized carbons (Fsp3) is 0.797. The molecule has 0 aromatic carbocycles. The van der Waals surface area contributed by atoms with Gasteiger partial charge in [-0.1, -0.05) is 299 Å². The van der Waals surface area contributed by atoms with Gasteiger partial charge in [0.25, 0.3) is 0 Å². The molecular weight excluding hydrogens is 985 g/mol. The maximum atomic E-state index is 12.9. The Hall–Kier alpha value is -3.15. The lowest BCUT2D eigenvalue weighted by Crippen LogP contribution is -2.30. The molecule has 0 amide bonds. The third kappa shape index (κ3) is 65.7. The van der Waals surface area contributed by atoms with Gasteiger partial charge in [0.15, 0.2) is 6.10 Å². The molecule has 1 unspecified atom stereocenters. The molecule has 0 heterocycles. The molecule has 80 heavy (non-hydrogen) atoms. The van der Waals surface area contributed by atoms with Gasteiger partial charge in [-0.15, -0.1) is 0 Å². The number of hydrogen-bond acceptors (Lipinski definition) is 6. The van der Waals surface area contributed by atoms with Gasteiger partial charge in [-0.25, -0.2) is 0 Å². The molecule has 0 rings (SSSR count). The van der Waals surface area contributed by atoms with Gasteiger partial charge in [-0.2, -0.15) is 0 Å². The van der Waals surface area contributed by atoms with Crippen LogP contribution in [0.25, 0.3) is 0 Å². The Balaban J connectivity index is 4.28. The quantitative estimate of drug-likeness (QED) is 0.0261. The van der Waals surface area contributed by atoms with E-state index in [-0.39, 0.29) is 31.1 Å². The van der Waals surface area contributed by atoms with Crippen LogP contribution < -0.4 is 0 Å². The third-order valence-electron chi connectivity index (χ3n) is 15.4. The molecule has 464 valence electrons. The molecule has 0 aliphatic heterocycles. The topological polar surface area (TPSA) is 78.9 Å². The number of ether oxygens (including phenoxy) is 3. The summed E-state index contributed by atoms with van der Waals surface area (Å²) in [4.78, 5) is 38.4. The lowest BCUT2D eigenvalue weighted by atomic mass is 10.0. The average Bonchev–Trinajstić information content (AvgIpc) is 3.46. The van der Waals surface area contributed by atoms with Crippen LogP contribution in [-0.4, -0.2) is 37.2 Å². The highest BCUT2D eigenvalue weighted by Crippen LogP contribution is 2.17. The first-order valence-corrected chi connectivity index (χ1v) is 34.9. The van der Waals surface area contributed by atoms with Crippen LogP contribution in [0.5, 0.6) is 0 Å². The van der Waals surface area contributed by atoms with Crippen molar-refractivity contribution in [3.05, 3.63) is 72.9 Å². The zero-order valence-electron chi connectivity index (χ0n) is 53.3. The van der Waals surface area contributed by atoms with Crippen LogP contribution in [0.3, 0.4) is 0 Å².